The van der Waals surface area contributed by atoms with E-state index in [0.29, 0.717) is 6.42 Å². The second-order valence-corrected chi connectivity index (χ2v) is 6.98. The largest absolute Gasteiger partial charge is 0.356 e. The third kappa shape index (κ3) is 8.71. The number of hydrogen-bond acceptors (Lipinski definition) is 4. The number of rotatable bonds is 10. The van der Waals surface area contributed by atoms with Gasteiger partial charge in [-0.15, -0.1) is 0 Å². The lowest BCUT2D eigenvalue weighted by molar-refractivity contribution is -0.121. The summed E-state index contributed by atoms with van der Waals surface area (Å²) in [5.74, 6) is 0.178. The highest BCUT2D eigenvalue weighted by molar-refractivity contribution is 5.75. The van der Waals surface area contributed by atoms with Gasteiger partial charge in [0.2, 0.25) is 5.91 Å². The molecule has 0 aromatic rings. The first-order valence-electron chi connectivity index (χ1n) is 8.79. The summed E-state index contributed by atoms with van der Waals surface area (Å²) in [5, 5.41) is 3.01. The van der Waals surface area contributed by atoms with E-state index in [0.717, 1.165) is 25.6 Å². The van der Waals surface area contributed by atoms with Crippen molar-refractivity contribution in [1.29, 1.82) is 0 Å². The SMILES string of the molecule is CN(C)CCC(=O)NCCCCCN(C)C1CCN(C)CC1. The van der Waals surface area contributed by atoms with Gasteiger partial charge in [0.05, 0.1) is 0 Å². The molecule has 22 heavy (non-hydrogen) atoms. The number of carbonyl (C=O) groups excluding carboxylic acids is 1. The van der Waals surface area contributed by atoms with Gasteiger partial charge in [-0.2, -0.15) is 0 Å². The first-order chi connectivity index (χ1) is 10.5. The van der Waals surface area contributed by atoms with Crippen LogP contribution in [0.2, 0.25) is 0 Å². The quantitative estimate of drug-likeness (QED) is 0.616. The monoisotopic (exact) mass is 312 g/mol. The van der Waals surface area contributed by atoms with Crippen molar-refractivity contribution in [2.75, 3.05) is 60.9 Å². The van der Waals surface area contributed by atoms with E-state index in [1.54, 1.807) is 0 Å². The molecule has 1 aliphatic heterocycles. The molecule has 0 saturated carbocycles. The van der Waals surface area contributed by atoms with Crippen molar-refractivity contribution in [3.05, 3.63) is 0 Å². The summed E-state index contributed by atoms with van der Waals surface area (Å²) in [4.78, 5) is 18.6. The van der Waals surface area contributed by atoms with E-state index in [1.807, 2.05) is 19.0 Å². The second kappa shape index (κ2) is 11.0. The summed E-state index contributed by atoms with van der Waals surface area (Å²) in [7, 11) is 8.46. The standard InChI is InChI=1S/C17H36N4O/c1-19(2)13-10-17(22)18-11-6-5-7-12-21(4)16-8-14-20(3)15-9-16/h16H,5-15H2,1-4H3,(H,18,22). The van der Waals surface area contributed by atoms with Gasteiger partial charge < -0.3 is 20.0 Å². The molecule has 0 spiro atoms. The predicted molar refractivity (Wildman–Crippen MR) is 93.2 cm³/mol. The highest BCUT2D eigenvalue weighted by atomic mass is 16.1. The zero-order chi connectivity index (χ0) is 16.4. The van der Waals surface area contributed by atoms with Crippen LogP contribution in [0, 0.1) is 0 Å². The van der Waals surface area contributed by atoms with Gasteiger partial charge in [-0.05, 0) is 73.5 Å². The highest BCUT2D eigenvalue weighted by Gasteiger charge is 2.19. The number of nitrogens with one attached hydrogen (secondary N) is 1. The maximum Gasteiger partial charge on any atom is 0.221 e. The zero-order valence-corrected chi connectivity index (χ0v) is 15.1. The highest BCUT2D eigenvalue weighted by Crippen LogP contribution is 2.14. The number of amides is 1. The molecule has 1 aliphatic rings. The van der Waals surface area contributed by atoms with Crippen molar-refractivity contribution in [3.63, 3.8) is 0 Å². The smallest absolute Gasteiger partial charge is 0.221 e. The van der Waals surface area contributed by atoms with Gasteiger partial charge in [0.15, 0.2) is 0 Å². The van der Waals surface area contributed by atoms with Crippen molar-refractivity contribution < 1.29 is 4.79 Å². The molecule has 1 heterocycles. The van der Waals surface area contributed by atoms with Gasteiger partial charge in [-0.1, -0.05) is 6.42 Å². The van der Waals surface area contributed by atoms with Crippen LogP contribution in [-0.4, -0.2) is 87.6 Å². The summed E-state index contributed by atoms with van der Waals surface area (Å²) in [5.41, 5.74) is 0. The number of unbranched alkanes of at least 4 members (excludes halogenated alkanes) is 2. The van der Waals surface area contributed by atoms with Crippen LogP contribution in [0.25, 0.3) is 0 Å². The molecule has 1 rings (SSSR count). The van der Waals surface area contributed by atoms with Crippen LogP contribution in [0.3, 0.4) is 0 Å². The van der Waals surface area contributed by atoms with E-state index < -0.39 is 0 Å². The molecule has 5 nitrogen and oxygen atoms in total. The van der Waals surface area contributed by atoms with Crippen LogP contribution < -0.4 is 5.32 Å². The van der Waals surface area contributed by atoms with Crippen LogP contribution >= 0.6 is 0 Å². The van der Waals surface area contributed by atoms with Crippen LogP contribution in [0.4, 0.5) is 0 Å². The lowest BCUT2D eigenvalue weighted by Crippen LogP contribution is -2.42. The summed E-state index contributed by atoms with van der Waals surface area (Å²) in [6, 6.07) is 0.766. The zero-order valence-electron chi connectivity index (χ0n) is 15.1. The number of hydrogen-bond donors (Lipinski definition) is 1. The molecule has 1 saturated heterocycles. The molecule has 0 aromatic carbocycles. The molecular formula is C17H36N4O. The van der Waals surface area contributed by atoms with E-state index in [-0.39, 0.29) is 5.91 Å². The van der Waals surface area contributed by atoms with Crippen LogP contribution in [0.1, 0.15) is 38.5 Å². The van der Waals surface area contributed by atoms with Gasteiger partial charge in [-0.25, -0.2) is 0 Å². The molecular weight excluding hydrogens is 276 g/mol. The Hall–Kier alpha value is -0.650. The van der Waals surface area contributed by atoms with E-state index >= 15 is 0 Å². The van der Waals surface area contributed by atoms with E-state index in [2.05, 4.69) is 29.2 Å². The average Bonchev–Trinajstić information content (AvgIpc) is 2.49. The summed E-state index contributed by atoms with van der Waals surface area (Å²) in [6.07, 6.45) is 6.73. The minimum Gasteiger partial charge on any atom is -0.356 e. The van der Waals surface area contributed by atoms with Crippen molar-refractivity contribution in [1.82, 2.24) is 20.0 Å². The lowest BCUT2D eigenvalue weighted by Gasteiger charge is -2.35. The van der Waals surface area contributed by atoms with E-state index in [9.17, 15) is 4.79 Å². The summed E-state index contributed by atoms with van der Waals surface area (Å²) >= 11 is 0. The fourth-order valence-corrected chi connectivity index (χ4v) is 2.92. The Morgan fingerprint density at radius 3 is 2.41 bits per heavy atom. The van der Waals surface area contributed by atoms with Gasteiger partial charge in [0, 0.05) is 25.6 Å². The average molecular weight is 313 g/mol. The van der Waals surface area contributed by atoms with Gasteiger partial charge in [-0.3, -0.25) is 4.79 Å². The normalized spacial score (nSPS) is 17.4. The molecule has 0 bridgehead atoms. The van der Waals surface area contributed by atoms with E-state index in [1.165, 1.54) is 45.3 Å². The topological polar surface area (TPSA) is 38.8 Å². The number of piperidine rings is 1. The van der Waals surface area contributed by atoms with Crippen LogP contribution in [0.15, 0.2) is 0 Å². The Morgan fingerprint density at radius 2 is 1.77 bits per heavy atom. The van der Waals surface area contributed by atoms with Crippen LogP contribution in [-0.2, 0) is 4.79 Å². The molecule has 130 valence electrons. The first kappa shape index (κ1) is 19.4. The van der Waals surface area contributed by atoms with Gasteiger partial charge in [0.1, 0.15) is 0 Å². The van der Waals surface area contributed by atoms with Gasteiger partial charge in [0.25, 0.3) is 0 Å². The molecule has 0 radical (unpaired) electrons. The number of likely N-dealkylation sites (tertiary alicyclic amines) is 1. The molecule has 5 heteroatoms. The van der Waals surface area contributed by atoms with Crippen molar-refractivity contribution >= 4 is 5.91 Å². The van der Waals surface area contributed by atoms with Crippen LogP contribution in [0.5, 0.6) is 0 Å². The second-order valence-electron chi connectivity index (χ2n) is 6.98. The maximum atomic E-state index is 11.6. The lowest BCUT2D eigenvalue weighted by atomic mass is 10.0. The summed E-state index contributed by atoms with van der Waals surface area (Å²) < 4.78 is 0. The molecule has 1 N–H and O–H groups in total. The van der Waals surface area contributed by atoms with Gasteiger partial charge >= 0.3 is 0 Å². The number of nitrogens with zero attached hydrogens (tertiary/aromatic N) is 3. The maximum absolute atomic E-state index is 11.6. The first-order valence-corrected chi connectivity index (χ1v) is 8.79. The van der Waals surface area contributed by atoms with Crippen molar-refractivity contribution in [2.24, 2.45) is 0 Å². The molecule has 0 aromatic heterocycles. The Balaban J connectivity index is 1.95. The Labute approximate surface area is 137 Å². The Kier molecular flexibility index (Phi) is 9.68. The third-order valence-electron chi connectivity index (χ3n) is 4.61. The fraction of sp³-hybridized carbons (Fsp3) is 0.941. The Morgan fingerprint density at radius 1 is 1.09 bits per heavy atom. The molecule has 0 aliphatic carbocycles. The number of carbonyl (C=O) groups is 1. The van der Waals surface area contributed by atoms with Crippen molar-refractivity contribution in [2.45, 2.75) is 44.6 Å². The molecule has 0 atom stereocenters. The van der Waals surface area contributed by atoms with E-state index in [4.69, 9.17) is 0 Å². The van der Waals surface area contributed by atoms with Crippen molar-refractivity contribution in [3.8, 4) is 0 Å². The molecule has 1 amide bonds. The minimum absolute atomic E-state index is 0.178. The molecule has 0 unspecified atom stereocenters. The molecule has 1 fully saturated rings. The fourth-order valence-electron chi connectivity index (χ4n) is 2.92. The third-order valence-corrected chi connectivity index (χ3v) is 4.61. The summed E-state index contributed by atoms with van der Waals surface area (Å²) in [6.45, 7) is 5.29. The Bertz CT molecular complexity index is 301. The minimum atomic E-state index is 0.178. The predicted octanol–water partition coefficient (Wildman–Crippen LogP) is 1.25.